The second-order valence-corrected chi connectivity index (χ2v) is 3.81. The molecule has 0 spiro atoms. The minimum Gasteiger partial charge on any atom is -0.391 e. The van der Waals surface area contributed by atoms with Crippen molar-refractivity contribution in [2.45, 2.75) is 51.4 Å². The molecule has 0 bridgehead atoms. The third-order valence-corrected chi connectivity index (χ3v) is 2.15. The maximum atomic E-state index is 9.28. The lowest BCUT2D eigenvalue weighted by Crippen LogP contribution is -2.28. The zero-order valence-corrected chi connectivity index (χ0v) is 8.37. The van der Waals surface area contributed by atoms with Gasteiger partial charge in [0.25, 0.3) is 0 Å². The Morgan fingerprint density at radius 2 is 1.83 bits per heavy atom. The Bertz CT molecular complexity index is 121. The Balaban J connectivity index is 3.67. The SMILES string of the molecule is COC(C)(C)CCC(O)C(C)O. The first kappa shape index (κ1) is 11.9. The Labute approximate surface area is 74.4 Å². The molecule has 0 radical (unpaired) electrons. The monoisotopic (exact) mass is 176 g/mol. The Kier molecular flexibility index (Phi) is 4.75. The van der Waals surface area contributed by atoms with Crippen LogP contribution < -0.4 is 0 Å². The van der Waals surface area contributed by atoms with E-state index in [-0.39, 0.29) is 5.60 Å². The molecule has 2 atom stereocenters. The van der Waals surface area contributed by atoms with Crippen molar-refractivity contribution in [3.8, 4) is 0 Å². The molecule has 0 aromatic heterocycles. The fourth-order valence-corrected chi connectivity index (χ4v) is 0.839. The maximum absolute atomic E-state index is 9.28. The molecule has 2 N–H and O–H groups in total. The standard InChI is InChI=1S/C9H20O3/c1-7(10)8(11)5-6-9(2,3)12-4/h7-8,10-11H,5-6H2,1-4H3. The van der Waals surface area contributed by atoms with Crippen molar-refractivity contribution in [3.05, 3.63) is 0 Å². The van der Waals surface area contributed by atoms with Crippen molar-refractivity contribution >= 4 is 0 Å². The number of ether oxygens (including phenoxy) is 1. The number of hydrogen-bond acceptors (Lipinski definition) is 3. The molecule has 0 aromatic rings. The van der Waals surface area contributed by atoms with Crippen molar-refractivity contribution in [2.75, 3.05) is 7.11 Å². The Hall–Kier alpha value is -0.120. The van der Waals surface area contributed by atoms with Crippen LogP contribution in [0, 0.1) is 0 Å². The molecule has 74 valence electrons. The van der Waals surface area contributed by atoms with E-state index in [0.717, 1.165) is 6.42 Å². The van der Waals surface area contributed by atoms with Gasteiger partial charge in [0.15, 0.2) is 0 Å². The van der Waals surface area contributed by atoms with E-state index in [9.17, 15) is 5.11 Å². The van der Waals surface area contributed by atoms with Gasteiger partial charge in [-0.25, -0.2) is 0 Å². The normalized spacial score (nSPS) is 17.5. The lowest BCUT2D eigenvalue weighted by molar-refractivity contribution is -0.0190. The minimum absolute atomic E-state index is 0.212. The minimum atomic E-state index is -0.655. The largest absolute Gasteiger partial charge is 0.391 e. The molecule has 3 nitrogen and oxygen atoms in total. The molecule has 0 saturated carbocycles. The topological polar surface area (TPSA) is 49.7 Å². The van der Waals surface area contributed by atoms with E-state index in [1.54, 1.807) is 14.0 Å². The zero-order valence-electron chi connectivity index (χ0n) is 8.37. The van der Waals surface area contributed by atoms with Gasteiger partial charge in [-0.3, -0.25) is 0 Å². The quantitative estimate of drug-likeness (QED) is 0.655. The third kappa shape index (κ3) is 4.70. The lowest BCUT2D eigenvalue weighted by Gasteiger charge is -2.24. The van der Waals surface area contributed by atoms with Gasteiger partial charge in [0.05, 0.1) is 17.8 Å². The second-order valence-electron chi connectivity index (χ2n) is 3.81. The average Bonchev–Trinajstić information content (AvgIpc) is 2.00. The summed E-state index contributed by atoms with van der Waals surface area (Å²) < 4.78 is 5.18. The number of hydrogen-bond donors (Lipinski definition) is 2. The summed E-state index contributed by atoms with van der Waals surface area (Å²) in [5, 5.41) is 18.3. The van der Waals surface area contributed by atoms with Gasteiger partial charge in [-0.1, -0.05) is 0 Å². The van der Waals surface area contributed by atoms with E-state index < -0.39 is 12.2 Å². The fraction of sp³-hybridized carbons (Fsp3) is 1.00. The van der Waals surface area contributed by atoms with Crippen molar-refractivity contribution in [3.63, 3.8) is 0 Å². The summed E-state index contributed by atoms with van der Waals surface area (Å²) in [7, 11) is 1.65. The van der Waals surface area contributed by atoms with Gasteiger partial charge in [0.1, 0.15) is 0 Å². The van der Waals surface area contributed by atoms with E-state index in [0.29, 0.717) is 6.42 Å². The van der Waals surface area contributed by atoms with Gasteiger partial charge in [0.2, 0.25) is 0 Å². The predicted octanol–water partition coefficient (Wildman–Crippen LogP) is 0.933. The highest BCUT2D eigenvalue weighted by Crippen LogP contribution is 2.17. The predicted molar refractivity (Wildman–Crippen MR) is 48.0 cm³/mol. The van der Waals surface area contributed by atoms with Gasteiger partial charge in [-0.15, -0.1) is 0 Å². The molecule has 2 unspecified atom stereocenters. The van der Waals surface area contributed by atoms with E-state index >= 15 is 0 Å². The van der Waals surface area contributed by atoms with Gasteiger partial charge < -0.3 is 14.9 Å². The van der Waals surface area contributed by atoms with E-state index in [4.69, 9.17) is 9.84 Å². The Morgan fingerprint density at radius 3 is 2.17 bits per heavy atom. The van der Waals surface area contributed by atoms with Crippen LogP contribution in [0.3, 0.4) is 0 Å². The van der Waals surface area contributed by atoms with E-state index in [1.807, 2.05) is 13.8 Å². The van der Waals surface area contributed by atoms with Crippen LogP contribution >= 0.6 is 0 Å². The summed E-state index contributed by atoms with van der Waals surface area (Å²) in [6, 6.07) is 0. The smallest absolute Gasteiger partial charge is 0.0797 e. The summed E-state index contributed by atoms with van der Waals surface area (Å²) in [6.45, 7) is 5.51. The molecule has 0 aliphatic carbocycles. The number of aliphatic hydroxyl groups excluding tert-OH is 2. The van der Waals surface area contributed by atoms with E-state index in [2.05, 4.69) is 0 Å². The molecule has 0 fully saturated rings. The first-order chi connectivity index (χ1) is 5.39. The zero-order chi connectivity index (χ0) is 9.78. The summed E-state index contributed by atoms with van der Waals surface area (Å²) in [4.78, 5) is 0. The van der Waals surface area contributed by atoms with Gasteiger partial charge in [-0.05, 0) is 33.6 Å². The van der Waals surface area contributed by atoms with Gasteiger partial charge in [0, 0.05) is 7.11 Å². The molecular weight excluding hydrogens is 156 g/mol. The second kappa shape index (κ2) is 4.80. The first-order valence-corrected chi connectivity index (χ1v) is 4.30. The molecule has 0 saturated heterocycles. The molecule has 0 rings (SSSR count). The lowest BCUT2D eigenvalue weighted by atomic mass is 9.98. The Morgan fingerprint density at radius 1 is 1.33 bits per heavy atom. The summed E-state index contributed by atoms with van der Waals surface area (Å²) in [6.07, 6.45) is 0.0192. The maximum Gasteiger partial charge on any atom is 0.0797 e. The van der Waals surface area contributed by atoms with Crippen molar-refractivity contribution in [1.29, 1.82) is 0 Å². The molecule has 0 aliphatic heterocycles. The van der Waals surface area contributed by atoms with Crippen LogP contribution in [-0.4, -0.2) is 35.1 Å². The van der Waals surface area contributed by atoms with Gasteiger partial charge in [-0.2, -0.15) is 0 Å². The van der Waals surface area contributed by atoms with Crippen LogP contribution in [0.15, 0.2) is 0 Å². The van der Waals surface area contributed by atoms with Crippen LogP contribution in [0.2, 0.25) is 0 Å². The highest BCUT2D eigenvalue weighted by atomic mass is 16.5. The fourth-order valence-electron chi connectivity index (χ4n) is 0.839. The van der Waals surface area contributed by atoms with E-state index in [1.165, 1.54) is 0 Å². The van der Waals surface area contributed by atoms with Crippen molar-refractivity contribution < 1.29 is 14.9 Å². The van der Waals surface area contributed by atoms with Gasteiger partial charge >= 0.3 is 0 Å². The molecule has 0 aromatic carbocycles. The van der Waals surface area contributed by atoms with Crippen LogP contribution in [0.1, 0.15) is 33.6 Å². The number of aliphatic hydroxyl groups is 2. The first-order valence-electron chi connectivity index (χ1n) is 4.30. The molecule has 12 heavy (non-hydrogen) atoms. The van der Waals surface area contributed by atoms with Crippen LogP contribution in [0.4, 0.5) is 0 Å². The number of rotatable bonds is 5. The molecule has 0 heterocycles. The van der Waals surface area contributed by atoms with Crippen molar-refractivity contribution in [1.82, 2.24) is 0 Å². The summed E-state index contributed by atoms with van der Waals surface area (Å²) in [5.74, 6) is 0. The molecule has 0 amide bonds. The molecular formula is C9H20O3. The molecule has 3 heteroatoms. The van der Waals surface area contributed by atoms with Crippen molar-refractivity contribution in [2.24, 2.45) is 0 Å². The molecule has 0 aliphatic rings. The highest BCUT2D eigenvalue weighted by molar-refractivity contribution is 4.72. The summed E-state index contributed by atoms with van der Waals surface area (Å²) in [5.41, 5.74) is -0.212. The third-order valence-electron chi connectivity index (χ3n) is 2.15. The summed E-state index contributed by atoms with van der Waals surface area (Å²) >= 11 is 0. The number of methoxy groups -OCH3 is 1. The van der Waals surface area contributed by atoms with Crippen LogP contribution in [-0.2, 0) is 4.74 Å². The highest BCUT2D eigenvalue weighted by Gasteiger charge is 2.19. The van der Waals surface area contributed by atoms with Crippen LogP contribution in [0.5, 0.6) is 0 Å². The van der Waals surface area contributed by atoms with Crippen LogP contribution in [0.25, 0.3) is 0 Å². The average molecular weight is 176 g/mol.